The molecule has 0 spiro atoms. The first-order valence-electron chi connectivity index (χ1n) is 7.46. The Bertz CT molecular complexity index is 794. The van der Waals surface area contributed by atoms with Gasteiger partial charge in [0.05, 0.1) is 11.7 Å². The number of benzene rings is 2. The number of aryl methyl sites for hydroxylation is 1. The van der Waals surface area contributed by atoms with Gasteiger partial charge in [-0.2, -0.15) is 5.10 Å². The van der Waals surface area contributed by atoms with Gasteiger partial charge in [0.2, 0.25) is 0 Å². The normalized spacial score (nSPS) is 11.9. The molecule has 0 unspecified atom stereocenters. The summed E-state index contributed by atoms with van der Waals surface area (Å²) in [5.74, 6) is -0.0680. The molecule has 2 aromatic carbocycles. The van der Waals surface area contributed by atoms with Crippen molar-refractivity contribution >= 4 is 5.91 Å². The van der Waals surface area contributed by atoms with Gasteiger partial charge in [-0.3, -0.25) is 4.79 Å². The molecule has 3 aromatic rings. The Labute approximate surface area is 135 Å². The second kappa shape index (κ2) is 6.44. The molecule has 1 aromatic heterocycles. The van der Waals surface area contributed by atoms with E-state index >= 15 is 0 Å². The van der Waals surface area contributed by atoms with Crippen molar-refractivity contribution in [1.29, 1.82) is 0 Å². The summed E-state index contributed by atoms with van der Waals surface area (Å²) >= 11 is 0. The summed E-state index contributed by atoms with van der Waals surface area (Å²) in [4.78, 5) is 16.2. The Morgan fingerprint density at radius 1 is 1.17 bits per heavy atom. The average Bonchev–Trinajstić information content (AvgIpc) is 3.09. The Hall–Kier alpha value is -2.95. The fourth-order valence-electron chi connectivity index (χ4n) is 2.41. The molecule has 5 heteroatoms. The number of hydrogen-bond acceptors (Lipinski definition) is 3. The van der Waals surface area contributed by atoms with Gasteiger partial charge in [-0.05, 0) is 43.7 Å². The van der Waals surface area contributed by atoms with Crippen molar-refractivity contribution in [3.63, 3.8) is 0 Å². The molecule has 0 aliphatic heterocycles. The van der Waals surface area contributed by atoms with E-state index in [9.17, 15) is 4.79 Å². The summed E-state index contributed by atoms with van der Waals surface area (Å²) in [5.41, 5.74) is 3.72. The topological polar surface area (TPSA) is 59.8 Å². The summed E-state index contributed by atoms with van der Waals surface area (Å²) < 4.78 is 1.69. The molecule has 0 saturated heterocycles. The first kappa shape index (κ1) is 15.0. The highest BCUT2D eigenvalue weighted by molar-refractivity contribution is 5.94. The van der Waals surface area contributed by atoms with E-state index in [0.29, 0.717) is 5.56 Å². The first-order chi connectivity index (χ1) is 11.1. The van der Waals surface area contributed by atoms with Crippen LogP contribution < -0.4 is 5.32 Å². The summed E-state index contributed by atoms with van der Waals surface area (Å²) in [6.07, 6.45) is 3.15. The maximum atomic E-state index is 12.3. The predicted molar refractivity (Wildman–Crippen MR) is 88.4 cm³/mol. The van der Waals surface area contributed by atoms with Gasteiger partial charge in [0.25, 0.3) is 5.91 Å². The third kappa shape index (κ3) is 3.45. The lowest BCUT2D eigenvalue weighted by atomic mass is 10.1. The minimum absolute atomic E-state index is 0.0680. The summed E-state index contributed by atoms with van der Waals surface area (Å²) in [6, 6.07) is 15.4. The van der Waals surface area contributed by atoms with Crippen LogP contribution in [0, 0.1) is 6.92 Å². The zero-order valence-corrected chi connectivity index (χ0v) is 13.1. The van der Waals surface area contributed by atoms with Gasteiger partial charge >= 0.3 is 0 Å². The lowest BCUT2D eigenvalue weighted by Crippen LogP contribution is -2.26. The van der Waals surface area contributed by atoms with Crippen LogP contribution in [0.15, 0.2) is 61.2 Å². The van der Waals surface area contributed by atoms with E-state index in [1.54, 1.807) is 11.0 Å². The van der Waals surface area contributed by atoms with Crippen LogP contribution >= 0.6 is 0 Å². The molecule has 1 amide bonds. The van der Waals surface area contributed by atoms with Crippen LogP contribution in [-0.2, 0) is 0 Å². The molecule has 0 bridgehead atoms. The van der Waals surface area contributed by atoms with Gasteiger partial charge in [0.15, 0.2) is 0 Å². The van der Waals surface area contributed by atoms with E-state index in [0.717, 1.165) is 16.8 Å². The number of carbonyl (C=O) groups is 1. The molecule has 0 saturated carbocycles. The van der Waals surface area contributed by atoms with Gasteiger partial charge in [-0.1, -0.05) is 29.8 Å². The lowest BCUT2D eigenvalue weighted by Gasteiger charge is -2.15. The fraction of sp³-hybridized carbons (Fsp3) is 0.167. The van der Waals surface area contributed by atoms with Crippen LogP contribution in [0.2, 0.25) is 0 Å². The summed E-state index contributed by atoms with van der Waals surface area (Å²) in [7, 11) is 0. The monoisotopic (exact) mass is 306 g/mol. The Morgan fingerprint density at radius 3 is 2.61 bits per heavy atom. The number of rotatable bonds is 4. The van der Waals surface area contributed by atoms with Crippen molar-refractivity contribution in [3.8, 4) is 5.69 Å². The zero-order valence-electron chi connectivity index (χ0n) is 13.1. The van der Waals surface area contributed by atoms with Crippen molar-refractivity contribution in [2.75, 3.05) is 0 Å². The molecule has 0 radical (unpaired) electrons. The third-order valence-electron chi connectivity index (χ3n) is 3.70. The minimum Gasteiger partial charge on any atom is -0.346 e. The predicted octanol–water partition coefficient (Wildman–Crippen LogP) is 3.07. The van der Waals surface area contributed by atoms with Crippen molar-refractivity contribution in [3.05, 3.63) is 77.9 Å². The van der Waals surface area contributed by atoms with E-state index in [1.807, 2.05) is 62.4 Å². The maximum Gasteiger partial charge on any atom is 0.251 e. The van der Waals surface area contributed by atoms with Gasteiger partial charge in [0.1, 0.15) is 12.7 Å². The lowest BCUT2D eigenvalue weighted by molar-refractivity contribution is 0.0940. The van der Waals surface area contributed by atoms with Crippen molar-refractivity contribution < 1.29 is 4.79 Å². The highest BCUT2D eigenvalue weighted by Gasteiger charge is 2.11. The highest BCUT2D eigenvalue weighted by Crippen LogP contribution is 2.16. The molecular weight excluding hydrogens is 288 g/mol. The molecule has 23 heavy (non-hydrogen) atoms. The number of hydrogen-bond donors (Lipinski definition) is 1. The molecule has 0 aliphatic rings. The number of carbonyl (C=O) groups excluding carboxylic acids is 1. The maximum absolute atomic E-state index is 12.3. The molecule has 0 aliphatic carbocycles. The number of nitrogens with zero attached hydrogens (tertiary/aromatic N) is 3. The molecule has 1 atom stereocenters. The number of aromatic nitrogens is 3. The smallest absolute Gasteiger partial charge is 0.251 e. The van der Waals surface area contributed by atoms with E-state index in [1.165, 1.54) is 6.33 Å². The summed E-state index contributed by atoms with van der Waals surface area (Å²) in [5, 5.41) is 7.11. The van der Waals surface area contributed by atoms with Gasteiger partial charge in [-0.25, -0.2) is 9.67 Å². The standard InChI is InChI=1S/C18H18N4O/c1-13-4-3-5-16(10-13)18(23)21-14(2)15-6-8-17(9-7-15)22-12-19-11-20-22/h3-12,14H,1-2H3,(H,21,23)/t14-/m1/s1. The molecular formula is C18H18N4O. The third-order valence-corrected chi connectivity index (χ3v) is 3.70. The van der Waals surface area contributed by atoms with E-state index < -0.39 is 0 Å². The van der Waals surface area contributed by atoms with Gasteiger partial charge in [-0.15, -0.1) is 0 Å². The van der Waals surface area contributed by atoms with Crippen LogP contribution in [0.25, 0.3) is 5.69 Å². The minimum atomic E-state index is -0.0761. The first-order valence-corrected chi connectivity index (χ1v) is 7.46. The van der Waals surface area contributed by atoms with Gasteiger partial charge in [0, 0.05) is 5.56 Å². The molecule has 1 heterocycles. The number of amides is 1. The molecule has 3 rings (SSSR count). The average molecular weight is 306 g/mol. The highest BCUT2D eigenvalue weighted by atomic mass is 16.1. The van der Waals surface area contributed by atoms with Crippen molar-refractivity contribution in [1.82, 2.24) is 20.1 Å². The molecule has 116 valence electrons. The number of nitrogens with one attached hydrogen (secondary N) is 1. The van der Waals surface area contributed by atoms with Crippen LogP contribution in [0.4, 0.5) is 0 Å². The largest absolute Gasteiger partial charge is 0.346 e. The fourth-order valence-corrected chi connectivity index (χ4v) is 2.41. The van der Waals surface area contributed by atoms with Crippen molar-refractivity contribution in [2.24, 2.45) is 0 Å². The van der Waals surface area contributed by atoms with E-state index in [4.69, 9.17) is 0 Å². The SMILES string of the molecule is Cc1cccc(C(=O)N[C@H](C)c2ccc(-n3cncn3)cc2)c1. The van der Waals surface area contributed by atoms with Crippen molar-refractivity contribution in [2.45, 2.75) is 19.9 Å². The summed E-state index contributed by atoms with van der Waals surface area (Å²) in [6.45, 7) is 3.95. The second-order valence-corrected chi connectivity index (χ2v) is 5.50. The zero-order chi connectivity index (χ0) is 16.2. The molecule has 1 N–H and O–H groups in total. The van der Waals surface area contributed by atoms with E-state index in [2.05, 4.69) is 15.4 Å². The van der Waals surface area contributed by atoms with Crippen LogP contribution in [0.3, 0.4) is 0 Å². The van der Waals surface area contributed by atoms with Crippen LogP contribution in [-0.4, -0.2) is 20.7 Å². The van der Waals surface area contributed by atoms with Crippen LogP contribution in [0.1, 0.15) is 34.5 Å². The Morgan fingerprint density at radius 2 is 1.96 bits per heavy atom. The molecule has 5 nitrogen and oxygen atoms in total. The molecule has 0 fully saturated rings. The van der Waals surface area contributed by atoms with E-state index in [-0.39, 0.29) is 11.9 Å². The van der Waals surface area contributed by atoms with Gasteiger partial charge < -0.3 is 5.32 Å². The van der Waals surface area contributed by atoms with Crippen LogP contribution in [0.5, 0.6) is 0 Å². The quantitative estimate of drug-likeness (QED) is 0.806. The second-order valence-electron chi connectivity index (χ2n) is 5.50. The Balaban J connectivity index is 1.70. The Kier molecular flexibility index (Phi) is 4.19.